The monoisotopic (exact) mass is 471 g/mol. The van der Waals surface area contributed by atoms with E-state index in [0.717, 1.165) is 16.9 Å². The number of ether oxygens (including phenoxy) is 1. The van der Waals surface area contributed by atoms with Crippen molar-refractivity contribution in [3.8, 4) is 12.5 Å². The highest BCUT2D eigenvalue weighted by Gasteiger charge is 2.37. The van der Waals surface area contributed by atoms with E-state index in [2.05, 4.69) is 16.7 Å². The van der Waals surface area contributed by atoms with E-state index in [-0.39, 0.29) is 5.92 Å². The molecule has 3 amide bonds. The van der Waals surface area contributed by atoms with Crippen LogP contribution in [0.5, 0.6) is 0 Å². The van der Waals surface area contributed by atoms with Gasteiger partial charge in [0.1, 0.15) is 17.7 Å². The minimum Gasteiger partial charge on any atom is -0.444 e. The smallest absolute Gasteiger partial charge is 0.408 e. The largest absolute Gasteiger partial charge is 0.444 e. The quantitative estimate of drug-likeness (QED) is 0.430. The van der Waals surface area contributed by atoms with Gasteiger partial charge in [-0.05, 0) is 71.4 Å². The van der Waals surface area contributed by atoms with Crippen LogP contribution in [0.2, 0.25) is 0 Å². The molecular formula is C27H41N3O4. The lowest BCUT2D eigenvalue weighted by Gasteiger charge is -2.33. The molecular weight excluding hydrogens is 430 g/mol. The Labute approximate surface area is 205 Å². The van der Waals surface area contributed by atoms with E-state index in [1.54, 1.807) is 20.8 Å². The summed E-state index contributed by atoms with van der Waals surface area (Å²) in [6.07, 6.45) is 6.26. The fourth-order valence-corrected chi connectivity index (χ4v) is 3.37. The molecule has 2 N–H and O–H groups in total. The normalized spacial score (nSPS) is 13.4. The average Bonchev–Trinajstić information content (AvgIpc) is 2.68. The highest BCUT2D eigenvalue weighted by molar-refractivity contribution is 5.93. The second kappa shape index (κ2) is 11.9. The Bertz CT molecular complexity index is 886. The van der Waals surface area contributed by atoms with E-state index >= 15 is 0 Å². The van der Waals surface area contributed by atoms with Gasteiger partial charge in [0.05, 0.1) is 0 Å². The van der Waals surface area contributed by atoms with Crippen molar-refractivity contribution in [1.82, 2.24) is 15.5 Å². The Kier molecular flexibility index (Phi) is 10.2. The Morgan fingerprint density at radius 3 is 2.03 bits per heavy atom. The third-order valence-electron chi connectivity index (χ3n) is 4.78. The van der Waals surface area contributed by atoms with Crippen LogP contribution in [-0.4, -0.2) is 40.0 Å². The lowest BCUT2D eigenvalue weighted by molar-refractivity contribution is -0.139. The minimum atomic E-state index is -1.06. The summed E-state index contributed by atoms with van der Waals surface area (Å²) in [5, 5.41) is 5.58. The molecule has 0 aliphatic carbocycles. The maximum absolute atomic E-state index is 13.7. The van der Waals surface area contributed by atoms with Crippen molar-refractivity contribution in [2.45, 2.75) is 98.4 Å². The first-order valence-electron chi connectivity index (χ1n) is 11.8. The molecule has 1 rings (SSSR count). The zero-order valence-electron chi connectivity index (χ0n) is 22.1. The molecule has 7 heteroatoms. The molecule has 0 fully saturated rings. The predicted octanol–water partition coefficient (Wildman–Crippen LogP) is 4.56. The fraction of sp³-hybridized carbons (Fsp3) is 0.593. The number of alkyl carbamates (subject to hydrolysis) is 1. The van der Waals surface area contributed by atoms with Gasteiger partial charge in [0, 0.05) is 11.6 Å². The number of benzene rings is 1. The zero-order valence-corrected chi connectivity index (χ0v) is 22.1. The van der Waals surface area contributed by atoms with E-state index in [1.165, 1.54) is 0 Å². The van der Waals surface area contributed by atoms with E-state index in [1.807, 2.05) is 65.8 Å². The molecule has 0 aliphatic heterocycles. The molecule has 0 radical (unpaired) electrons. The maximum atomic E-state index is 13.7. The van der Waals surface area contributed by atoms with Gasteiger partial charge in [-0.2, -0.15) is 0 Å². The van der Waals surface area contributed by atoms with Crippen LogP contribution >= 0.6 is 0 Å². The molecule has 0 spiro atoms. The second-order valence-electron chi connectivity index (χ2n) is 10.9. The number of amides is 3. The van der Waals surface area contributed by atoms with Crippen molar-refractivity contribution in [3.63, 3.8) is 0 Å². The van der Waals surface area contributed by atoms with Crippen LogP contribution in [0.3, 0.4) is 0 Å². The number of hydrogen-bond donors (Lipinski definition) is 2. The van der Waals surface area contributed by atoms with Crippen LogP contribution in [0, 0.1) is 18.4 Å². The van der Waals surface area contributed by atoms with Gasteiger partial charge in [-0.3, -0.25) is 14.5 Å². The minimum absolute atomic E-state index is 0.0780. The number of nitrogens with one attached hydrogen (secondary N) is 2. The van der Waals surface area contributed by atoms with Crippen LogP contribution < -0.4 is 10.6 Å². The summed E-state index contributed by atoms with van der Waals surface area (Å²) in [6.45, 7) is 16.7. The lowest BCUT2D eigenvalue weighted by atomic mass is 9.98. The highest BCUT2D eigenvalue weighted by Crippen LogP contribution is 2.25. The van der Waals surface area contributed by atoms with Crippen molar-refractivity contribution >= 4 is 17.9 Å². The first kappa shape index (κ1) is 29.0. The number of hydrogen-bond acceptors (Lipinski definition) is 4. The number of aryl methyl sites for hydroxylation is 1. The lowest BCUT2D eigenvalue weighted by Crippen LogP contribution is -2.53. The fourth-order valence-electron chi connectivity index (χ4n) is 3.37. The van der Waals surface area contributed by atoms with Gasteiger partial charge in [-0.1, -0.05) is 51.5 Å². The summed E-state index contributed by atoms with van der Waals surface area (Å²) >= 11 is 0. The first-order valence-corrected chi connectivity index (χ1v) is 11.8. The topological polar surface area (TPSA) is 87.7 Å². The van der Waals surface area contributed by atoms with Crippen LogP contribution in [0.15, 0.2) is 24.3 Å². The molecule has 0 aliphatic rings. The summed E-state index contributed by atoms with van der Waals surface area (Å²) in [7, 11) is 0. The van der Waals surface area contributed by atoms with E-state index in [0.29, 0.717) is 12.0 Å². The zero-order chi connectivity index (χ0) is 26.3. The van der Waals surface area contributed by atoms with Crippen LogP contribution in [0.25, 0.3) is 0 Å². The number of nitrogens with zero attached hydrogens (tertiary/aromatic N) is 1. The van der Waals surface area contributed by atoms with E-state index < -0.39 is 41.1 Å². The summed E-state index contributed by atoms with van der Waals surface area (Å²) in [5.41, 5.74) is 0.429. The number of rotatable bonds is 8. The average molecular weight is 472 g/mol. The van der Waals surface area contributed by atoms with Gasteiger partial charge in [0.25, 0.3) is 5.91 Å². The van der Waals surface area contributed by atoms with Gasteiger partial charge in [0.2, 0.25) is 5.91 Å². The van der Waals surface area contributed by atoms with Crippen LogP contribution in [0.4, 0.5) is 4.79 Å². The van der Waals surface area contributed by atoms with Gasteiger partial charge < -0.3 is 15.4 Å². The number of carbonyl (C=O) groups is 3. The Balaban J connectivity index is 3.41. The summed E-state index contributed by atoms with van der Waals surface area (Å²) in [6, 6.07) is 7.83. The SMILES string of the molecule is C#CN(C(=O)C(CC(C)C)NC(=O)OC(C)(C)C)C(C(=O)NC(C)(C)C)c1ccc(CC)cc1. The van der Waals surface area contributed by atoms with Gasteiger partial charge in [-0.25, -0.2) is 4.79 Å². The summed E-state index contributed by atoms with van der Waals surface area (Å²) in [4.78, 5) is 40.6. The molecule has 0 bridgehead atoms. The number of terminal acetylenes is 1. The first-order chi connectivity index (χ1) is 15.6. The third kappa shape index (κ3) is 9.46. The summed E-state index contributed by atoms with van der Waals surface area (Å²) < 4.78 is 5.35. The van der Waals surface area contributed by atoms with Crippen molar-refractivity contribution in [1.29, 1.82) is 0 Å². The standard InChI is InChI=1S/C27H41N3O4/c1-11-19-13-15-20(16-14-19)22(23(31)29-26(5,6)7)30(12-2)24(32)21(17-18(3)4)28-25(33)34-27(8,9)10/h2,13-16,18,21-22H,11,17H2,1,3-10H3,(H,28,33)(H,29,31). The third-order valence-corrected chi connectivity index (χ3v) is 4.78. The Morgan fingerprint density at radius 1 is 1.06 bits per heavy atom. The molecule has 7 nitrogen and oxygen atoms in total. The van der Waals surface area contributed by atoms with Crippen molar-refractivity contribution in [2.24, 2.45) is 5.92 Å². The molecule has 1 aromatic rings. The molecule has 0 saturated heterocycles. The molecule has 188 valence electrons. The van der Waals surface area contributed by atoms with Gasteiger partial charge >= 0.3 is 6.09 Å². The van der Waals surface area contributed by atoms with E-state index in [9.17, 15) is 14.4 Å². The van der Waals surface area contributed by atoms with Crippen molar-refractivity contribution < 1.29 is 19.1 Å². The number of carbonyl (C=O) groups excluding carboxylic acids is 3. The summed E-state index contributed by atoms with van der Waals surface area (Å²) in [5.74, 6) is -0.867. The Morgan fingerprint density at radius 2 is 1.62 bits per heavy atom. The molecule has 0 aromatic heterocycles. The van der Waals surface area contributed by atoms with Crippen LogP contribution in [0.1, 0.15) is 85.9 Å². The second-order valence-corrected chi connectivity index (χ2v) is 10.9. The molecule has 34 heavy (non-hydrogen) atoms. The predicted molar refractivity (Wildman–Crippen MR) is 135 cm³/mol. The van der Waals surface area contributed by atoms with Crippen LogP contribution in [-0.2, 0) is 20.7 Å². The molecule has 2 atom stereocenters. The van der Waals surface area contributed by atoms with Gasteiger partial charge in [0.15, 0.2) is 0 Å². The Hall–Kier alpha value is -3.01. The maximum Gasteiger partial charge on any atom is 0.408 e. The molecule has 2 unspecified atom stereocenters. The highest BCUT2D eigenvalue weighted by atomic mass is 16.6. The van der Waals surface area contributed by atoms with Crippen molar-refractivity contribution in [3.05, 3.63) is 35.4 Å². The molecule has 0 heterocycles. The molecule has 0 saturated carbocycles. The van der Waals surface area contributed by atoms with Gasteiger partial charge in [-0.15, -0.1) is 0 Å². The molecule has 1 aromatic carbocycles. The van der Waals surface area contributed by atoms with Crippen molar-refractivity contribution in [2.75, 3.05) is 0 Å². The van der Waals surface area contributed by atoms with E-state index in [4.69, 9.17) is 11.2 Å².